The van der Waals surface area contributed by atoms with Crippen LogP contribution in [0.4, 0.5) is 0 Å². The minimum atomic E-state index is -0.723. The summed E-state index contributed by atoms with van der Waals surface area (Å²) in [6, 6.07) is 7.13. The van der Waals surface area contributed by atoms with E-state index in [4.69, 9.17) is 4.42 Å². The van der Waals surface area contributed by atoms with E-state index in [1.54, 1.807) is 18.2 Å². The van der Waals surface area contributed by atoms with Gasteiger partial charge in [-0.2, -0.15) is 0 Å². The molecule has 0 bridgehead atoms. The maximum absolute atomic E-state index is 11.1. The molecule has 98 valence electrons. The monoisotopic (exact) mass is 339 g/mol. The molecule has 3 aromatic rings. The zero-order chi connectivity index (χ0) is 13.6. The van der Waals surface area contributed by atoms with Crippen molar-refractivity contribution in [2.24, 2.45) is 0 Å². The molecule has 1 atom stereocenters. The van der Waals surface area contributed by atoms with Crippen molar-refractivity contribution in [2.45, 2.75) is 13.0 Å². The van der Waals surface area contributed by atoms with Gasteiger partial charge in [-0.15, -0.1) is 11.3 Å². The Balaban J connectivity index is 2.05. The lowest BCUT2D eigenvalue weighted by atomic mass is 10.1. The molecule has 2 heterocycles. The smallest absolute Gasteiger partial charge is 0.408 e. The number of aromatic amines is 1. The molecule has 0 aliphatic carbocycles. The highest BCUT2D eigenvalue weighted by Crippen LogP contribution is 2.34. The van der Waals surface area contributed by atoms with Crippen LogP contribution in [0.5, 0.6) is 0 Å². The third-order valence-electron chi connectivity index (χ3n) is 2.91. The van der Waals surface area contributed by atoms with Crippen LogP contribution in [-0.4, -0.2) is 10.1 Å². The van der Waals surface area contributed by atoms with Gasteiger partial charge in [-0.05, 0) is 52.2 Å². The normalized spacial score (nSPS) is 13.0. The number of aryl methyl sites for hydroxylation is 1. The van der Waals surface area contributed by atoms with Crippen LogP contribution in [0, 0.1) is 6.92 Å². The van der Waals surface area contributed by atoms with Gasteiger partial charge in [-0.25, -0.2) is 4.79 Å². The Kier molecular flexibility index (Phi) is 3.08. The predicted molar refractivity (Wildman–Crippen MR) is 77.7 cm³/mol. The summed E-state index contributed by atoms with van der Waals surface area (Å²) in [5.74, 6) is -0.489. The number of fused-ring (bicyclic) bond motifs is 1. The quantitative estimate of drug-likeness (QED) is 0.752. The Morgan fingerprint density at radius 3 is 2.89 bits per heavy atom. The van der Waals surface area contributed by atoms with Gasteiger partial charge in [-0.3, -0.25) is 4.98 Å². The maximum atomic E-state index is 11.1. The second kappa shape index (κ2) is 4.63. The molecule has 2 aromatic heterocycles. The molecular weight excluding hydrogens is 330 g/mol. The Hall–Kier alpha value is -1.37. The Morgan fingerprint density at radius 2 is 2.21 bits per heavy atom. The Bertz CT molecular complexity index is 782. The van der Waals surface area contributed by atoms with E-state index >= 15 is 0 Å². The van der Waals surface area contributed by atoms with Crippen LogP contribution < -0.4 is 5.76 Å². The number of hydrogen-bond donors (Lipinski definition) is 2. The number of rotatable bonds is 2. The van der Waals surface area contributed by atoms with E-state index in [1.807, 2.05) is 13.0 Å². The third kappa shape index (κ3) is 2.27. The van der Waals surface area contributed by atoms with Gasteiger partial charge >= 0.3 is 5.76 Å². The summed E-state index contributed by atoms with van der Waals surface area (Å²) in [4.78, 5) is 14.5. The first-order valence-corrected chi connectivity index (χ1v) is 7.22. The largest absolute Gasteiger partial charge is 0.417 e. The van der Waals surface area contributed by atoms with E-state index < -0.39 is 11.9 Å². The van der Waals surface area contributed by atoms with Gasteiger partial charge in [0.05, 0.1) is 9.30 Å². The molecule has 0 spiro atoms. The molecule has 0 aliphatic rings. The standard InChI is InChI=1S/C13H10BrNO3S/c1-6-4-10(19-12(6)14)11(16)7-2-3-8-9(5-7)18-13(17)15-8/h2-5,11,16H,1H3,(H,15,17). The maximum Gasteiger partial charge on any atom is 0.417 e. The van der Waals surface area contributed by atoms with Gasteiger partial charge in [-0.1, -0.05) is 6.07 Å². The lowest BCUT2D eigenvalue weighted by molar-refractivity contribution is 0.224. The molecule has 3 rings (SSSR count). The molecule has 2 N–H and O–H groups in total. The summed E-state index contributed by atoms with van der Waals surface area (Å²) in [7, 11) is 0. The summed E-state index contributed by atoms with van der Waals surface area (Å²) in [5.41, 5.74) is 2.87. The highest BCUT2D eigenvalue weighted by molar-refractivity contribution is 9.11. The zero-order valence-corrected chi connectivity index (χ0v) is 12.3. The number of aliphatic hydroxyl groups excluding tert-OH is 1. The topological polar surface area (TPSA) is 66.2 Å². The van der Waals surface area contributed by atoms with E-state index in [0.29, 0.717) is 16.7 Å². The molecule has 19 heavy (non-hydrogen) atoms. The first-order chi connectivity index (χ1) is 9.04. The molecule has 0 fully saturated rings. The van der Waals surface area contributed by atoms with Gasteiger partial charge in [0.15, 0.2) is 5.58 Å². The van der Waals surface area contributed by atoms with Gasteiger partial charge in [0, 0.05) is 4.88 Å². The summed E-state index contributed by atoms with van der Waals surface area (Å²) >= 11 is 4.94. The third-order valence-corrected chi connectivity index (χ3v) is 5.10. The second-order valence-electron chi connectivity index (χ2n) is 4.28. The minimum absolute atomic E-state index is 0.453. The fraction of sp³-hybridized carbons (Fsp3) is 0.154. The molecular formula is C13H10BrNO3S. The zero-order valence-electron chi connectivity index (χ0n) is 9.94. The minimum Gasteiger partial charge on any atom is -0.408 e. The van der Waals surface area contributed by atoms with E-state index in [1.165, 1.54) is 11.3 Å². The number of oxazole rings is 1. The number of thiophene rings is 1. The van der Waals surface area contributed by atoms with Crippen LogP contribution in [-0.2, 0) is 0 Å². The van der Waals surface area contributed by atoms with Crippen LogP contribution in [0.2, 0.25) is 0 Å². The molecule has 1 aromatic carbocycles. The molecule has 6 heteroatoms. The van der Waals surface area contributed by atoms with Gasteiger partial charge in [0.25, 0.3) is 0 Å². The van der Waals surface area contributed by atoms with Crippen molar-refractivity contribution in [1.29, 1.82) is 0 Å². The number of H-pyrrole nitrogens is 1. The summed E-state index contributed by atoms with van der Waals surface area (Å²) < 4.78 is 6.01. The van der Waals surface area contributed by atoms with E-state index in [-0.39, 0.29) is 0 Å². The van der Waals surface area contributed by atoms with Crippen molar-refractivity contribution in [3.8, 4) is 0 Å². The lowest BCUT2D eigenvalue weighted by Crippen LogP contribution is -1.96. The summed E-state index contributed by atoms with van der Waals surface area (Å²) in [5, 5.41) is 10.4. The van der Waals surface area contributed by atoms with Gasteiger partial charge in [0.1, 0.15) is 6.10 Å². The summed E-state index contributed by atoms with van der Waals surface area (Å²) in [6.45, 7) is 1.98. The van der Waals surface area contributed by atoms with Gasteiger partial charge in [0.2, 0.25) is 0 Å². The molecule has 4 nitrogen and oxygen atoms in total. The van der Waals surface area contributed by atoms with Crippen molar-refractivity contribution in [2.75, 3.05) is 0 Å². The van der Waals surface area contributed by atoms with Crippen molar-refractivity contribution in [1.82, 2.24) is 4.98 Å². The highest BCUT2D eigenvalue weighted by Gasteiger charge is 2.15. The van der Waals surface area contributed by atoms with Crippen molar-refractivity contribution < 1.29 is 9.52 Å². The lowest BCUT2D eigenvalue weighted by Gasteiger charge is -2.08. The molecule has 0 radical (unpaired) electrons. The molecule has 0 saturated heterocycles. The van der Waals surface area contributed by atoms with Crippen molar-refractivity contribution in [3.63, 3.8) is 0 Å². The number of benzene rings is 1. The van der Waals surface area contributed by atoms with Crippen LogP contribution in [0.3, 0.4) is 0 Å². The molecule has 1 unspecified atom stereocenters. The number of aromatic nitrogens is 1. The predicted octanol–water partition coefficient (Wildman–Crippen LogP) is 3.34. The van der Waals surface area contributed by atoms with Crippen molar-refractivity contribution >= 4 is 38.4 Å². The van der Waals surface area contributed by atoms with E-state index in [2.05, 4.69) is 20.9 Å². The number of halogens is 1. The number of nitrogens with one attached hydrogen (secondary N) is 1. The second-order valence-corrected chi connectivity index (χ2v) is 6.68. The summed E-state index contributed by atoms with van der Waals surface area (Å²) in [6.07, 6.45) is -0.723. The molecule has 0 amide bonds. The first kappa shape index (κ1) is 12.7. The van der Waals surface area contributed by atoms with Gasteiger partial charge < -0.3 is 9.52 Å². The van der Waals surface area contributed by atoms with Crippen LogP contribution in [0.15, 0.2) is 37.3 Å². The van der Waals surface area contributed by atoms with Crippen LogP contribution >= 0.6 is 27.3 Å². The highest BCUT2D eigenvalue weighted by atomic mass is 79.9. The fourth-order valence-electron chi connectivity index (χ4n) is 1.91. The van der Waals surface area contributed by atoms with E-state index in [9.17, 15) is 9.90 Å². The fourth-order valence-corrected chi connectivity index (χ4v) is 3.50. The Morgan fingerprint density at radius 1 is 1.42 bits per heavy atom. The molecule has 0 saturated carbocycles. The number of aliphatic hydroxyl groups is 1. The Labute approximate surface area is 120 Å². The first-order valence-electron chi connectivity index (χ1n) is 5.61. The number of hydrogen-bond acceptors (Lipinski definition) is 4. The molecule has 0 aliphatic heterocycles. The van der Waals surface area contributed by atoms with Crippen LogP contribution in [0.1, 0.15) is 22.1 Å². The van der Waals surface area contributed by atoms with Crippen LogP contribution in [0.25, 0.3) is 11.1 Å². The van der Waals surface area contributed by atoms with Crippen molar-refractivity contribution in [3.05, 3.63) is 54.6 Å². The van der Waals surface area contributed by atoms with E-state index in [0.717, 1.165) is 14.2 Å². The average Bonchev–Trinajstić information content (AvgIpc) is 2.90. The SMILES string of the molecule is Cc1cc(C(O)c2ccc3[nH]c(=O)oc3c2)sc1Br. The average molecular weight is 340 g/mol.